The number of nitrogens with two attached hydrogens (primary N) is 1. The molecule has 0 unspecified atom stereocenters. The Kier molecular flexibility index (Phi) is 7.39. The van der Waals surface area contributed by atoms with Crippen LogP contribution < -0.4 is 16.4 Å². The normalized spacial score (nSPS) is 20.1. The summed E-state index contributed by atoms with van der Waals surface area (Å²) < 4.78 is 25.4. The Bertz CT molecular complexity index is 1160. The summed E-state index contributed by atoms with van der Waals surface area (Å²) in [7, 11) is 0. The number of H-pyrrole nitrogens is 1. The molecule has 2 aromatic heterocycles. The van der Waals surface area contributed by atoms with E-state index in [1.807, 2.05) is 13.8 Å². The molecule has 3 heterocycles. The third-order valence-corrected chi connectivity index (χ3v) is 5.48. The van der Waals surface area contributed by atoms with E-state index in [9.17, 15) is 9.18 Å². The van der Waals surface area contributed by atoms with Gasteiger partial charge in [0, 0.05) is 30.9 Å². The first-order valence-electron chi connectivity index (χ1n) is 11.5. The van der Waals surface area contributed by atoms with Crippen molar-refractivity contribution in [3.8, 4) is 22.6 Å². The van der Waals surface area contributed by atoms with Gasteiger partial charge in [-0.25, -0.2) is 19.3 Å². The van der Waals surface area contributed by atoms with Crippen LogP contribution in [0.1, 0.15) is 32.9 Å². The molecule has 0 saturated carbocycles. The maximum Gasteiger partial charge on any atom is 0.230 e. The summed E-state index contributed by atoms with van der Waals surface area (Å²) >= 11 is 0. The molecule has 1 saturated heterocycles. The standard InChI is InChI=1S/C24H30FN7O3/c1-14(2)29-23-28-10-8-17(30-23)19-18(15-4-6-16(25)7-5-15)31-20(32-19)21-34-12-24(3,13-35-21)22(33)27-11-9-26/h4-8,10,14,21H,9,11-13,26H2,1-3H3,(H,27,33)(H,31,32)(H,28,29,30). The van der Waals surface area contributed by atoms with Gasteiger partial charge in [0.05, 0.1) is 35.7 Å². The molecule has 0 radical (unpaired) electrons. The number of amides is 1. The molecule has 1 aromatic carbocycles. The number of ether oxygens (including phenoxy) is 2. The van der Waals surface area contributed by atoms with Gasteiger partial charge in [0.15, 0.2) is 5.82 Å². The van der Waals surface area contributed by atoms with Crippen molar-refractivity contribution in [2.24, 2.45) is 11.1 Å². The van der Waals surface area contributed by atoms with Gasteiger partial charge in [-0.15, -0.1) is 0 Å². The fourth-order valence-electron chi connectivity index (χ4n) is 3.63. The first kappa shape index (κ1) is 24.7. The van der Waals surface area contributed by atoms with Crippen LogP contribution in [0.2, 0.25) is 0 Å². The molecule has 1 aliphatic heterocycles. The Morgan fingerprint density at radius 3 is 2.60 bits per heavy atom. The molecule has 186 valence electrons. The Morgan fingerprint density at radius 2 is 1.94 bits per heavy atom. The second-order valence-electron chi connectivity index (χ2n) is 8.98. The van der Waals surface area contributed by atoms with Crippen LogP contribution in [0.15, 0.2) is 36.5 Å². The zero-order valence-electron chi connectivity index (χ0n) is 20.0. The molecule has 0 aliphatic carbocycles. The van der Waals surface area contributed by atoms with E-state index in [-0.39, 0.29) is 31.0 Å². The molecular weight excluding hydrogens is 453 g/mol. The molecule has 3 aromatic rings. The first-order chi connectivity index (χ1) is 16.8. The number of aromatic amines is 1. The van der Waals surface area contributed by atoms with E-state index in [0.29, 0.717) is 47.5 Å². The number of hydrogen-bond donors (Lipinski definition) is 4. The molecule has 1 fully saturated rings. The van der Waals surface area contributed by atoms with Crippen LogP contribution in [0.25, 0.3) is 22.6 Å². The molecule has 1 aliphatic rings. The summed E-state index contributed by atoms with van der Waals surface area (Å²) in [6.45, 7) is 6.79. The predicted molar refractivity (Wildman–Crippen MR) is 129 cm³/mol. The average Bonchev–Trinajstić information content (AvgIpc) is 3.28. The lowest BCUT2D eigenvalue weighted by Gasteiger charge is -2.35. The van der Waals surface area contributed by atoms with Crippen molar-refractivity contribution >= 4 is 11.9 Å². The van der Waals surface area contributed by atoms with Gasteiger partial charge in [0.1, 0.15) is 5.82 Å². The zero-order chi connectivity index (χ0) is 25.0. The van der Waals surface area contributed by atoms with E-state index >= 15 is 0 Å². The molecule has 5 N–H and O–H groups in total. The van der Waals surface area contributed by atoms with Crippen LogP contribution in [0.5, 0.6) is 0 Å². The van der Waals surface area contributed by atoms with Gasteiger partial charge in [-0.05, 0) is 51.1 Å². The Labute approximate surface area is 202 Å². The van der Waals surface area contributed by atoms with E-state index in [4.69, 9.17) is 20.2 Å². The number of aromatic nitrogens is 4. The molecule has 35 heavy (non-hydrogen) atoms. The van der Waals surface area contributed by atoms with Crippen LogP contribution in [0.3, 0.4) is 0 Å². The van der Waals surface area contributed by atoms with Crippen LogP contribution in [0, 0.1) is 11.2 Å². The van der Waals surface area contributed by atoms with E-state index in [1.165, 1.54) is 12.1 Å². The number of nitrogens with zero attached hydrogens (tertiary/aromatic N) is 3. The topological polar surface area (TPSA) is 140 Å². The number of benzene rings is 1. The number of imidazole rings is 1. The average molecular weight is 484 g/mol. The van der Waals surface area contributed by atoms with Gasteiger partial charge < -0.3 is 30.8 Å². The minimum Gasteiger partial charge on any atom is -0.354 e. The third-order valence-electron chi connectivity index (χ3n) is 5.48. The minimum absolute atomic E-state index is 0.145. The number of rotatable bonds is 8. The molecule has 1 amide bonds. The van der Waals surface area contributed by atoms with Crippen LogP contribution >= 0.6 is 0 Å². The number of hydrogen-bond acceptors (Lipinski definition) is 8. The molecule has 0 spiro atoms. The Hall–Kier alpha value is -3.41. The van der Waals surface area contributed by atoms with Crippen molar-refractivity contribution < 1.29 is 18.7 Å². The number of carbonyl (C=O) groups is 1. The number of carbonyl (C=O) groups excluding carboxylic acids is 1. The molecule has 10 nitrogen and oxygen atoms in total. The third kappa shape index (κ3) is 5.64. The predicted octanol–water partition coefficient (Wildman–Crippen LogP) is 2.62. The SMILES string of the molecule is CC(C)Nc1nccc(-c2[nH]c(C3OCC(C)(C(=O)NCCN)CO3)nc2-c2ccc(F)cc2)n1. The molecule has 0 bridgehead atoms. The van der Waals surface area contributed by atoms with Gasteiger partial charge in [0.2, 0.25) is 18.1 Å². The van der Waals surface area contributed by atoms with Crippen LogP contribution in [-0.4, -0.2) is 58.2 Å². The van der Waals surface area contributed by atoms with Gasteiger partial charge in [0.25, 0.3) is 0 Å². The lowest BCUT2D eigenvalue weighted by Crippen LogP contribution is -2.49. The summed E-state index contributed by atoms with van der Waals surface area (Å²) in [6, 6.07) is 7.95. The molecular formula is C24H30FN7O3. The highest BCUT2D eigenvalue weighted by molar-refractivity contribution is 5.82. The second kappa shape index (κ2) is 10.5. The van der Waals surface area contributed by atoms with Gasteiger partial charge >= 0.3 is 0 Å². The Balaban J connectivity index is 1.64. The number of halogens is 1. The van der Waals surface area contributed by atoms with Crippen molar-refractivity contribution in [2.75, 3.05) is 31.6 Å². The summed E-state index contributed by atoms with van der Waals surface area (Å²) in [5, 5.41) is 5.96. The Morgan fingerprint density at radius 1 is 1.23 bits per heavy atom. The number of nitrogens with one attached hydrogen (secondary N) is 3. The summed E-state index contributed by atoms with van der Waals surface area (Å²) in [6.07, 6.45) is 0.842. The van der Waals surface area contributed by atoms with Gasteiger partial charge in [-0.1, -0.05) is 0 Å². The summed E-state index contributed by atoms with van der Waals surface area (Å²) in [5.41, 5.74) is 7.11. The van der Waals surface area contributed by atoms with E-state index in [2.05, 4.69) is 25.6 Å². The van der Waals surface area contributed by atoms with Gasteiger partial charge in [-0.3, -0.25) is 4.79 Å². The maximum atomic E-state index is 13.6. The molecule has 0 atom stereocenters. The van der Waals surface area contributed by atoms with Crippen molar-refractivity contribution in [1.29, 1.82) is 0 Å². The van der Waals surface area contributed by atoms with Crippen LogP contribution in [-0.2, 0) is 14.3 Å². The highest BCUT2D eigenvalue weighted by atomic mass is 19.1. The van der Waals surface area contributed by atoms with E-state index in [0.717, 1.165) is 0 Å². The van der Waals surface area contributed by atoms with Crippen molar-refractivity contribution in [1.82, 2.24) is 25.3 Å². The zero-order valence-corrected chi connectivity index (χ0v) is 20.0. The van der Waals surface area contributed by atoms with Gasteiger partial charge in [-0.2, -0.15) is 0 Å². The fourth-order valence-corrected chi connectivity index (χ4v) is 3.63. The molecule has 11 heteroatoms. The monoisotopic (exact) mass is 483 g/mol. The van der Waals surface area contributed by atoms with Crippen LogP contribution in [0.4, 0.5) is 10.3 Å². The highest BCUT2D eigenvalue weighted by Crippen LogP contribution is 2.35. The smallest absolute Gasteiger partial charge is 0.230 e. The fraction of sp³-hybridized carbons (Fsp3) is 0.417. The summed E-state index contributed by atoms with van der Waals surface area (Å²) in [4.78, 5) is 29.3. The highest BCUT2D eigenvalue weighted by Gasteiger charge is 2.40. The van der Waals surface area contributed by atoms with Crippen molar-refractivity contribution in [3.05, 3.63) is 48.2 Å². The minimum atomic E-state index is -0.842. The molecule has 4 rings (SSSR count). The lowest BCUT2D eigenvalue weighted by atomic mass is 9.91. The largest absolute Gasteiger partial charge is 0.354 e. The summed E-state index contributed by atoms with van der Waals surface area (Å²) in [5.74, 6) is 0.367. The van der Waals surface area contributed by atoms with Crippen molar-refractivity contribution in [2.45, 2.75) is 33.1 Å². The van der Waals surface area contributed by atoms with Crippen molar-refractivity contribution in [3.63, 3.8) is 0 Å². The first-order valence-corrected chi connectivity index (χ1v) is 11.5. The lowest BCUT2D eigenvalue weighted by molar-refractivity contribution is -0.231. The number of anilines is 1. The second-order valence-corrected chi connectivity index (χ2v) is 8.98. The maximum absolute atomic E-state index is 13.6. The quantitative estimate of drug-likeness (QED) is 0.383. The van der Waals surface area contributed by atoms with E-state index < -0.39 is 11.7 Å². The van der Waals surface area contributed by atoms with E-state index in [1.54, 1.807) is 31.3 Å².